The normalized spacial score (nSPS) is 13.1. The summed E-state index contributed by atoms with van der Waals surface area (Å²) >= 11 is 1.51. The Hall–Kier alpha value is -1.20. The zero-order valence-electron chi connectivity index (χ0n) is 8.02. The molecule has 2 aromatic rings. The summed E-state index contributed by atoms with van der Waals surface area (Å²) in [6.45, 7) is 3.80. The number of nitrogens with zero attached hydrogens (tertiary/aromatic N) is 2. The van der Waals surface area contributed by atoms with Crippen LogP contribution in [-0.4, -0.2) is 10.2 Å². The van der Waals surface area contributed by atoms with E-state index in [0.29, 0.717) is 0 Å². The number of furan rings is 1. The lowest BCUT2D eigenvalue weighted by molar-refractivity contribution is 0.535. The minimum absolute atomic E-state index is 0.0616. The van der Waals surface area contributed by atoms with Crippen molar-refractivity contribution >= 4 is 11.3 Å². The van der Waals surface area contributed by atoms with Crippen LogP contribution in [0.15, 0.2) is 16.7 Å². The summed E-state index contributed by atoms with van der Waals surface area (Å²) in [6.07, 6.45) is 1.65. The van der Waals surface area contributed by atoms with Crippen molar-refractivity contribution in [1.82, 2.24) is 10.2 Å². The van der Waals surface area contributed by atoms with Crippen LogP contribution in [0.2, 0.25) is 0 Å². The van der Waals surface area contributed by atoms with Gasteiger partial charge >= 0.3 is 0 Å². The van der Waals surface area contributed by atoms with Crippen LogP contribution in [0.25, 0.3) is 10.6 Å². The van der Waals surface area contributed by atoms with E-state index in [-0.39, 0.29) is 6.04 Å². The predicted octanol–water partition coefficient (Wildman–Crippen LogP) is 2.13. The second-order valence-corrected chi connectivity index (χ2v) is 4.13. The first-order valence-electron chi connectivity index (χ1n) is 4.32. The number of hydrogen-bond donors (Lipinski definition) is 1. The van der Waals surface area contributed by atoms with E-state index < -0.39 is 0 Å². The monoisotopic (exact) mass is 209 g/mol. The molecule has 4 nitrogen and oxygen atoms in total. The van der Waals surface area contributed by atoms with Crippen molar-refractivity contribution in [3.63, 3.8) is 0 Å². The molecular weight excluding hydrogens is 198 g/mol. The zero-order chi connectivity index (χ0) is 10.1. The molecular formula is C9H11N3OS. The van der Waals surface area contributed by atoms with Gasteiger partial charge in [0.2, 0.25) is 0 Å². The lowest BCUT2D eigenvalue weighted by Gasteiger charge is -1.94. The lowest BCUT2D eigenvalue weighted by Crippen LogP contribution is -2.03. The molecule has 0 aliphatic carbocycles. The molecule has 0 aromatic carbocycles. The maximum Gasteiger partial charge on any atom is 0.151 e. The topological polar surface area (TPSA) is 64.9 Å². The first-order chi connectivity index (χ1) is 6.68. The summed E-state index contributed by atoms with van der Waals surface area (Å²) < 4.78 is 5.20. The summed E-state index contributed by atoms with van der Waals surface area (Å²) in [5.41, 5.74) is 6.70. The maximum atomic E-state index is 5.70. The van der Waals surface area contributed by atoms with Gasteiger partial charge in [-0.25, -0.2) is 0 Å². The van der Waals surface area contributed by atoms with Crippen LogP contribution in [0.4, 0.5) is 0 Å². The van der Waals surface area contributed by atoms with Gasteiger partial charge in [0.25, 0.3) is 0 Å². The molecule has 5 heteroatoms. The average Bonchev–Trinajstić information content (AvgIpc) is 2.71. The largest absolute Gasteiger partial charge is 0.469 e. The molecule has 0 fully saturated rings. The molecule has 0 aliphatic rings. The second kappa shape index (κ2) is 3.51. The third kappa shape index (κ3) is 1.56. The Morgan fingerprint density at radius 2 is 2.29 bits per heavy atom. The molecule has 0 saturated carbocycles. The van der Waals surface area contributed by atoms with Crippen molar-refractivity contribution < 1.29 is 4.42 Å². The molecule has 1 atom stereocenters. The van der Waals surface area contributed by atoms with E-state index >= 15 is 0 Å². The molecule has 2 rings (SSSR count). The number of aryl methyl sites for hydroxylation is 1. The SMILES string of the molecule is Cc1occc1-c1nnc(C(C)N)s1. The van der Waals surface area contributed by atoms with E-state index in [9.17, 15) is 0 Å². The molecule has 74 valence electrons. The molecule has 0 aliphatic heterocycles. The highest BCUT2D eigenvalue weighted by Gasteiger charge is 2.12. The summed E-state index contributed by atoms with van der Waals surface area (Å²) in [4.78, 5) is 0. The summed E-state index contributed by atoms with van der Waals surface area (Å²) in [5.74, 6) is 0.859. The first-order valence-corrected chi connectivity index (χ1v) is 5.13. The highest BCUT2D eigenvalue weighted by molar-refractivity contribution is 7.14. The third-order valence-electron chi connectivity index (χ3n) is 1.92. The summed E-state index contributed by atoms with van der Waals surface area (Å²) in [5, 5.41) is 9.80. The molecule has 2 aromatic heterocycles. The number of rotatable bonds is 2. The Bertz CT molecular complexity index is 433. The smallest absolute Gasteiger partial charge is 0.151 e. The molecule has 0 amide bonds. The molecule has 0 bridgehead atoms. The Labute approximate surface area is 85.8 Å². The first kappa shape index (κ1) is 9.36. The number of nitrogens with two attached hydrogens (primary N) is 1. The quantitative estimate of drug-likeness (QED) is 0.822. The lowest BCUT2D eigenvalue weighted by atomic mass is 10.3. The average molecular weight is 209 g/mol. The Morgan fingerprint density at radius 3 is 2.79 bits per heavy atom. The molecule has 2 heterocycles. The van der Waals surface area contributed by atoms with Gasteiger partial charge in [0.05, 0.1) is 17.9 Å². The number of aromatic nitrogens is 2. The minimum Gasteiger partial charge on any atom is -0.469 e. The van der Waals surface area contributed by atoms with E-state index in [1.807, 2.05) is 19.9 Å². The van der Waals surface area contributed by atoms with Gasteiger partial charge in [-0.15, -0.1) is 10.2 Å². The Balaban J connectivity index is 2.39. The van der Waals surface area contributed by atoms with E-state index in [1.54, 1.807) is 6.26 Å². The van der Waals surface area contributed by atoms with Gasteiger partial charge in [-0.2, -0.15) is 0 Å². The van der Waals surface area contributed by atoms with Crippen molar-refractivity contribution in [3.05, 3.63) is 23.1 Å². The third-order valence-corrected chi connectivity index (χ3v) is 3.08. The van der Waals surface area contributed by atoms with Gasteiger partial charge in [0, 0.05) is 0 Å². The van der Waals surface area contributed by atoms with Gasteiger partial charge in [-0.05, 0) is 19.9 Å². The Morgan fingerprint density at radius 1 is 1.50 bits per heavy atom. The molecule has 2 N–H and O–H groups in total. The van der Waals surface area contributed by atoms with Gasteiger partial charge in [-0.3, -0.25) is 0 Å². The van der Waals surface area contributed by atoms with E-state index in [1.165, 1.54) is 11.3 Å². The summed E-state index contributed by atoms with van der Waals surface area (Å²) in [6, 6.07) is 1.83. The standard InChI is InChI=1S/C9H11N3OS/c1-5(10)8-11-12-9(14-8)7-3-4-13-6(7)2/h3-5H,10H2,1-2H3. The van der Waals surface area contributed by atoms with Crippen LogP contribution in [0.5, 0.6) is 0 Å². The number of hydrogen-bond acceptors (Lipinski definition) is 5. The van der Waals surface area contributed by atoms with E-state index in [0.717, 1.165) is 21.3 Å². The van der Waals surface area contributed by atoms with Crippen molar-refractivity contribution in [2.24, 2.45) is 5.73 Å². The van der Waals surface area contributed by atoms with Crippen molar-refractivity contribution in [1.29, 1.82) is 0 Å². The predicted molar refractivity (Wildman–Crippen MR) is 55.0 cm³/mol. The fraction of sp³-hybridized carbons (Fsp3) is 0.333. The van der Waals surface area contributed by atoms with Gasteiger partial charge in [0.1, 0.15) is 10.8 Å². The summed E-state index contributed by atoms with van der Waals surface area (Å²) in [7, 11) is 0. The molecule has 14 heavy (non-hydrogen) atoms. The molecule has 0 saturated heterocycles. The van der Waals surface area contributed by atoms with Crippen LogP contribution >= 0.6 is 11.3 Å². The zero-order valence-corrected chi connectivity index (χ0v) is 8.84. The van der Waals surface area contributed by atoms with Crippen LogP contribution in [-0.2, 0) is 0 Å². The fourth-order valence-electron chi connectivity index (χ4n) is 1.13. The molecule has 1 unspecified atom stereocenters. The second-order valence-electron chi connectivity index (χ2n) is 3.12. The van der Waals surface area contributed by atoms with Crippen LogP contribution in [0, 0.1) is 6.92 Å². The molecule has 0 radical (unpaired) electrons. The van der Waals surface area contributed by atoms with E-state index in [2.05, 4.69) is 10.2 Å². The van der Waals surface area contributed by atoms with Crippen LogP contribution in [0.3, 0.4) is 0 Å². The maximum absolute atomic E-state index is 5.70. The fourth-order valence-corrected chi connectivity index (χ4v) is 2.00. The van der Waals surface area contributed by atoms with Gasteiger partial charge < -0.3 is 10.2 Å². The van der Waals surface area contributed by atoms with Crippen LogP contribution < -0.4 is 5.73 Å². The Kier molecular flexibility index (Phi) is 2.35. The highest BCUT2D eigenvalue weighted by atomic mass is 32.1. The van der Waals surface area contributed by atoms with Gasteiger partial charge in [-0.1, -0.05) is 11.3 Å². The van der Waals surface area contributed by atoms with E-state index in [4.69, 9.17) is 10.2 Å². The van der Waals surface area contributed by atoms with Crippen molar-refractivity contribution in [2.75, 3.05) is 0 Å². The minimum atomic E-state index is -0.0616. The van der Waals surface area contributed by atoms with Crippen molar-refractivity contribution in [3.8, 4) is 10.6 Å². The van der Waals surface area contributed by atoms with Crippen molar-refractivity contribution in [2.45, 2.75) is 19.9 Å². The highest BCUT2D eigenvalue weighted by Crippen LogP contribution is 2.28. The van der Waals surface area contributed by atoms with Gasteiger partial charge in [0.15, 0.2) is 5.01 Å². The molecule has 0 spiro atoms. The van der Waals surface area contributed by atoms with Crippen LogP contribution in [0.1, 0.15) is 23.7 Å².